The van der Waals surface area contributed by atoms with Crippen LogP contribution in [0.4, 0.5) is 0 Å². The molecule has 0 bridgehead atoms. The Balaban J connectivity index is 1.37. The van der Waals surface area contributed by atoms with E-state index >= 15 is 0 Å². The maximum atomic E-state index is 12.5. The number of aromatic nitrogens is 2. The summed E-state index contributed by atoms with van der Waals surface area (Å²) in [6.45, 7) is 0.611. The number of ether oxygens (including phenoxy) is 1. The van der Waals surface area contributed by atoms with Crippen LogP contribution in [0.3, 0.4) is 0 Å². The Morgan fingerprint density at radius 1 is 1.14 bits per heavy atom. The lowest BCUT2D eigenvalue weighted by Gasteiger charge is -2.11. The van der Waals surface area contributed by atoms with Gasteiger partial charge in [0.2, 0.25) is 0 Å². The largest absolute Gasteiger partial charge is 0.495 e. The molecule has 1 aliphatic rings. The van der Waals surface area contributed by atoms with E-state index in [9.17, 15) is 9.90 Å². The Bertz CT molecular complexity index is 1360. The van der Waals surface area contributed by atoms with Crippen molar-refractivity contribution in [1.29, 1.82) is 0 Å². The van der Waals surface area contributed by atoms with E-state index < -0.39 is 0 Å². The van der Waals surface area contributed by atoms with E-state index in [-0.39, 0.29) is 12.5 Å². The lowest BCUT2D eigenvalue weighted by Crippen LogP contribution is -2.28. The lowest BCUT2D eigenvalue weighted by molar-refractivity contribution is 0.0947. The topological polar surface area (TPSA) is 75.9 Å². The number of aliphatic hydroxyl groups is 1. The normalized spacial score (nSPS) is 13.9. The van der Waals surface area contributed by atoms with E-state index in [4.69, 9.17) is 21.3 Å². The van der Waals surface area contributed by atoms with Crippen LogP contribution < -0.4 is 10.1 Å². The number of fused-ring (bicyclic) bond motifs is 1. The third-order valence-corrected chi connectivity index (χ3v) is 7.09. The van der Waals surface area contributed by atoms with Crippen LogP contribution in [-0.4, -0.2) is 34.1 Å². The van der Waals surface area contributed by atoms with Crippen LogP contribution in [0.1, 0.15) is 41.6 Å². The van der Waals surface area contributed by atoms with Crippen molar-refractivity contribution in [2.24, 2.45) is 5.92 Å². The number of nitrogens with one attached hydrogen (secondary N) is 1. The summed E-state index contributed by atoms with van der Waals surface area (Å²) in [6, 6.07) is 15.2. The first kappa shape index (κ1) is 23.4. The van der Waals surface area contributed by atoms with Crippen LogP contribution >= 0.6 is 11.6 Å². The molecule has 2 aromatic heterocycles. The fraction of sp³-hybridized carbons (Fsp3) is 0.286. The summed E-state index contributed by atoms with van der Waals surface area (Å²) in [6.07, 6.45) is 8.83. The molecule has 0 aliphatic heterocycles. The molecule has 2 N–H and O–H groups in total. The molecular weight excluding hydrogens is 462 g/mol. The number of methoxy groups -OCH3 is 1. The molecule has 4 aromatic rings. The van der Waals surface area contributed by atoms with Crippen LogP contribution in [0.2, 0.25) is 5.02 Å². The summed E-state index contributed by atoms with van der Waals surface area (Å²) < 4.78 is 7.20. The molecule has 35 heavy (non-hydrogen) atoms. The molecular formula is C28H28ClN3O3. The van der Waals surface area contributed by atoms with Gasteiger partial charge in [0.05, 0.1) is 24.4 Å². The monoisotopic (exact) mass is 489 g/mol. The van der Waals surface area contributed by atoms with E-state index in [2.05, 4.69) is 5.32 Å². The third kappa shape index (κ3) is 4.90. The van der Waals surface area contributed by atoms with Crippen molar-refractivity contribution in [2.45, 2.75) is 32.3 Å². The summed E-state index contributed by atoms with van der Waals surface area (Å²) in [5, 5.41) is 13.4. The zero-order valence-electron chi connectivity index (χ0n) is 19.6. The van der Waals surface area contributed by atoms with E-state index in [0.717, 1.165) is 28.9 Å². The highest BCUT2D eigenvalue weighted by atomic mass is 35.5. The van der Waals surface area contributed by atoms with E-state index in [1.54, 1.807) is 19.2 Å². The van der Waals surface area contributed by atoms with Gasteiger partial charge >= 0.3 is 0 Å². The average Bonchev–Trinajstić information content (AvgIpc) is 3.56. The highest BCUT2D eigenvalue weighted by Crippen LogP contribution is 2.34. The lowest BCUT2D eigenvalue weighted by atomic mass is 10.0. The molecule has 1 fully saturated rings. The van der Waals surface area contributed by atoms with Gasteiger partial charge in [-0.2, -0.15) is 0 Å². The second kappa shape index (κ2) is 10.1. The molecule has 1 aliphatic carbocycles. The Morgan fingerprint density at radius 2 is 1.91 bits per heavy atom. The van der Waals surface area contributed by atoms with Crippen LogP contribution in [0.15, 0.2) is 60.9 Å². The van der Waals surface area contributed by atoms with Crippen molar-refractivity contribution in [3.63, 3.8) is 0 Å². The number of carbonyl (C=O) groups excluding carboxylic acids is 1. The fourth-order valence-electron chi connectivity index (χ4n) is 4.78. The maximum Gasteiger partial charge on any atom is 0.251 e. The Morgan fingerprint density at radius 3 is 2.63 bits per heavy atom. The van der Waals surface area contributed by atoms with Crippen molar-refractivity contribution in [2.75, 3.05) is 13.7 Å². The third-order valence-electron chi connectivity index (χ3n) is 6.79. The zero-order chi connectivity index (χ0) is 24.4. The fourth-order valence-corrected chi connectivity index (χ4v) is 5.02. The van der Waals surface area contributed by atoms with Gasteiger partial charge in [0.25, 0.3) is 5.91 Å². The number of aliphatic hydroxyl groups excluding tert-OH is 1. The van der Waals surface area contributed by atoms with Gasteiger partial charge in [-0.3, -0.25) is 4.79 Å². The van der Waals surface area contributed by atoms with Gasteiger partial charge in [0.15, 0.2) is 0 Å². The van der Waals surface area contributed by atoms with Crippen LogP contribution in [0, 0.1) is 5.92 Å². The molecule has 7 heteroatoms. The van der Waals surface area contributed by atoms with Gasteiger partial charge < -0.3 is 19.6 Å². The van der Waals surface area contributed by atoms with Crippen molar-refractivity contribution >= 4 is 23.2 Å². The Labute approximate surface area is 209 Å². The second-order valence-corrected chi connectivity index (χ2v) is 9.45. The predicted molar refractivity (Wildman–Crippen MR) is 138 cm³/mol. The molecule has 0 spiro atoms. The number of amides is 1. The first-order valence-electron chi connectivity index (χ1n) is 11.9. The number of hydrogen-bond donors (Lipinski definition) is 2. The van der Waals surface area contributed by atoms with Crippen molar-refractivity contribution in [1.82, 2.24) is 14.7 Å². The molecule has 0 saturated heterocycles. The van der Waals surface area contributed by atoms with Gasteiger partial charge in [-0.15, -0.1) is 0 Å². The number of nitrogens with zero attached hydrogens (tertiary/aromatic N) is 2. The number of carbonyl (C=O) groups is 1. The molecule has 1 saturated carbocycles. The number of benzene rings is 2. The van der Waals surface area contributed by atoms with Gasteiger partial charge in [-0.05, 0) is 71.8 Å². The van der Waals surface area contributed by atoms with E-state index in [1.165, 1.54) is 25.7 Å². The zero-order valence-corrected chi connectivity index (χ0v) is 20.4. The van der Waals surface area contributed by atoms with Crippen molar-refractivity contribution in [3.8, 4) is 28.1 Å². The smallest absolute Gasteiger partial charge is 0.251 e. The highest BCUT2D eigenvalue weighted by Gasteiger charge is 2.17. The van der Waals surface area contributed by atoms with Crippen LogP contribution in [0.5, 0.6) is 5.75 Å². The second-order valence-electron chi connectivity index (χ2n) is 9.05. The SMILES string of the molecule is COc1cc(CO)c(-c2cn3ccc(-c4ccc(C(=O)NCC5CCCC5)cc4)cc3n2)cc1Cl. The van der Waals surface area contributed by atoms with Gasteiger partial charge in [0.1, 0.15) is 11.4 Å². The predicted octanol–water partition coefficient (Wildman–Crippen LogP) is 5.74. The van der Waals surface area contributed by atoms with Crippen LogP contribution in [0.25, 0.3) is 28.0 Å². The maximum absolute atomic E-state index is 12.5. The average molecular weight is 490 g/mol. The molecule has 2 aromatic carbocycles. The van der Waals surface area contributed by atoms with Crippen LogP contribution in [-0.2, 0) is 6.61 Å². The van der Waals surface area contributed by atoms with Gasteiger partial charge in [-0.25, -0.2) is 4.98 Å². The molecule has 1 amide bonds. The number of imidazole rings is 1. The summed E-state index contributed by atoms with van der Waals surface area (Å²) in [5.74, 6) is 1.11. The summed E-state index contributed by atoms with van der Waals surface area (Å²) in [7, 11) is 1.55. The first-order chi connectivity index (χ1) is 17.1. The molecule has 2 heterocycles. The Hall–Kier alpha value is -3.35. The molecule has 5 rings (SSSR count). The summed E-state index contributed by atoms with van der Waals surface area (Å²) >= 11 is 6.33. The standard InChI is InChI=1S/C28H28ClN3O3/c1-35-26-12-22(17-33)23(14-24(26)29)25-16-32-11-10-21(13-27(32)31-25)19-6-8-20(9-7-19)28(34)30-15-18-4-2-3-5-18/h6-14,16,18,33H,2-5,15,17H2,1H3,(H,30,34). The molecule has 0 unspecified atom stereocenters. The molecule has 180 valence electrons. The molecule has 0 atom stereocenters. The Kier molecular flexibility index (Phi) is 6.75. The van der Waals surface area contributed by atoms with Crippen molar-refractivity contribution in [3.05, 3.63) is 77.1 Å². The number of halogens is 1. The minimum absolute atomic E-state index is 0.0189. The van der Waals surface area contributed by atoms with E-state index in [1.807, 2.05) is 53.2 Å². The highest BCUT2D eigenvalue weighted by molar-refractivity contribution is 6.32. The van der Waals surface area contributed by atoms with Crippen molar-refractivity contribution < 1.29 is 14.6 Å². The minimum atomic E-state index is -0.150. The molecule has 6 nitrogen and oxygen atoms in total. The molecule has 0 radical (unpaired) electrons. The van der Waals surface area contributed by atoms with Gasteiger partial charge in [-0.1, -0.05) is 36.6 Å². The quantitative estimate of drug-likeness (QED) is 0.347. The number of hydrogen-bond acceptors (Lipinski definition) is 4. The minimum Gasteiger partial charge on any atom is -0.495 e. The number of pyridine rings is 1. The summed E-state index contributed by atoms with van der Waals surface area (Å²) in [4.78, 5) is 17.3. The summed E-state index contributed by atoms with van der Waals surface area (Å²) in [5.41, 5.74) is 5.62. The first-order valence-corrected chi connectivity index (χ1v) is 12.3. The number of rotatable bonds is 7. The van der Waals surface area contributed by atoms with Gasteiger partial charge in [0, 0.05) is 30.1 Å². The van der Waals surface area contributed by atoms with E-state index in [0.29, 0.717) is 33.5 Å².